The summed E-state index contributed by atoms with van der Waals surface area (Å²) >= 11 is 5.13. The number of amides is 1. The van der Waals surface area contributed by atoms with Crippen LogP contribution in [0.2, 0.25) is 0 Å². The van der Waals surface area contributed by atoms with Gasteiger partial charge in [0.05, 0.1) is 10.4 Å². The third kappa shape index (κ3) is 2.92. The van der Waals surface area contributed by atoms with Crippen molar-refractivity contribution >= 4 is 23.1 Å². The monoisotopic (exact) mass is 283 g/mol. The largest absolute Gasteiger partial charge is 0.392 e. The summed E-state index contributed by atoms with van der Waals surface area (Å²) in [6, 6.07) is 1.04. The molecule has 108 valence electrons. The first-order valence-corrected chi connectivity index (χ1v) is 7.79. The van der Waals surface area contributed by atoms with Crippen molar-refractivity contribution < 1.29 is 4.79 Å². The van der Waals surface area contributed by atoms with Gasteiger partial charge in [0, 0.05) is 25.2 Å². The maximum atomic E-state index is 12.5. The highest BCUT2D eigenvalue weighted by atomic mass is 32.1. The van der Waals surface area contributed by atoms with Crippen molar-refractivity contribution in [3.8, 4) is 0 Å². The number of hydrogen-bond donors (Lipinski definition) is 2. The molecule has 3 N–H and O–H groups in total. The molecular weight excluding hydrogens is 258 g/mol. The lowest BCUT2D eigenvalue weighted by molar-refractivity contribution is -0.128. The van der Waals surface area contributed by atoms with Crippen molar-refractivity contribution in [2.24, 2.45) is 11.1 Å². The Morgan fingerprint density at radius 3 is 2.47 bits per heavy atom. The zero-order valence-corrected chi connectivity index (χ0v) is 12.8. The van der Waals surface area contributed by atoms with Gasteiger partial charge in [0.25, 0.3) is 0 Å². The van der Waals surface area contributed by atoms with Crippen LogP contribution in [0.3, 0.4) is 0 Å². The van der Waals surface area contributed by atoms with E-state index in [0.717, 1.165) is 25.6 Å². The van der Waals surface area contributed by atoms with Crippen LogP contribution < -0.4 is 11.1 Å². The summed E-state index contributed by atoms with van der Waals surface area (Å²) in [5.74, 6) is 0.0210. The molecule has 5 heteroatoms. The van der Waals surface area contributed by atoms with Gasteiger partial charge < -0.3 is 11.1 Å². The van der Waals surface area contributed by atoms with Crippen molar-refractivity contribution in [3.05, 3.63) is 0 Å². The second-order valence-corrected chi connectivity index (χ2v) is 6.28. The number of nitrogens with zero attached hydrogens (tertiary/aromatic N) is 1. The minimum absolute atomic E-state index is 0.0210. The van der Waals surface area contributed by atoms with Crippen LogP contribution in [0.4, 0.5) is 0 Å². The molecule has 1 saturated carbocycles. The second-order valence-electron chi connectivity index (χ2n) is 5.84. The van der Waals surface area contributed by atoms with Gasteiger partial charge in [-0.25, -0.2) is 0 Å². The van der Waals surface area contributed by atoms with Gasteiger partial charge in [0.1, 0.15) is 0 Å². The number of carbonyl (C=O) groups is 1. The molecule has 1 aliphatic carbocycles. The average molecular weight is 283 g/mol. The smallest absolute Gasteiger partial charge is 0.233 e. The third-order valence-electron chi connectivity index (χ3n) is 4.73. The van der Waals surface area contributed by atoms with E-state index in [9.17, 15) is 4.79 Å². The van der Waals surface area contributed by atoms with Gasteiger partial charge in [-0.1, -0.05) is 26.1 Å². The lowest BCUT2D eigenvalue weighted by Gasteiger charge is -2.30. The molecule has 19 heavy (non-hydrogen) atoms. The Hall–Kier alpha value is -0.680. The van der Waals surface area contributed by atoms with Crippen molar-refractivity contribution in [1.29, 1.82) is 0 Å². The minimum Gasteiger partial charge on any atom is -0.392 e. The zero-order chi connectivity index (χ0) is 14.0. The number of nitrogens with one attached hydrogen (secondary N) is 1. The molecule has 4 nitrogen and oxygen atoms in total. The van der Waals surface area contributed by atoms with Crippen molar-refractivity contribution in [2.75, 3.05) is 13.1 Å². The van der Waals surface area contributed by atoms with Gasteiger partial charge >= 0.3 is 0 Å². The SMILES string of the molecule is CCC(CC)(C(=O)NC1CCN(C2CC2)C1)C(N)=S. The highest BCUT2D eigenvalue weighted by Crippen LogP contribution is 2.31. The normalized spacial score (nSPS) is 24.4. The molecule has 2 rings (SSSR count). The van der Waals surface area contributed by atoms with Crippen molar-refractivity contribution in [2.45, 2.75) is 58.0 Å². The Morgan fingerprint density at radius 1 is 1.37 bits per heavy atom. The van der Waals surface area contributed by atoms with Crippen LogP contribution in [-0.2, 0) is 4.79 Å². The first kappa shape index (κ1) is 14.7. The van der Waals surface area contributed by atoms with Gasteiger partial charge in [-0.3, -0.25) is 9.69 Å². The van der Waals surface area contributed by atoms with Crippen LogP contribution in [0.25, 0.3) is 0 Å². The van der Waals surface area contributed by atoms with Gasteiger partial charge in [-0.2, -0.15) is 0 Å². The molecule has 2 fully saturated rings. The van der Waals surface area contributed by atoms with Crippen LogP contribution in [-0.4, -0.2) is 41.0 Å². The second kappa shape index (κ2) is 5.75. The molecule has 0 spiro atoms. The molecule has 1 atom stereocenters. The van der Waals surface area contributed by atoms with Crippen molar-refractivity contribution in [1.82, 2.24) is 10.2 Å². The maximum absolute atomic E-state index is 12.5. The predicted octanol–water partition coefficient (Wildman–Crippen LogP) is 1.43. The summed E-state index contributed by atoms with van der Waals surface area (Å²) < 4.78 is 0. The zero-order valence-electron chi connectivity index (χ0n) is 11.9. The van der Waals surface area contributed by atoms with E-state index in [1.807, 2.05) is 13.8 Å². The number of hydrogen-bond acceptors (Lipinski definition) is 3. The van der Waals surface area contributed by atoms with E-state index >= 15 is 0 Å². The quantitative estimate of drug-likeness (QED) is 0.724. The Morgan fingerprint density at radius 2 is 2.00 bits per heavy atom. The summed E-state index contributed by atoms with van der Waals surface area (Å²) in [7, 11) is 0. The Balaban J connectivity index is 1.94. The number of nitrogens with two attached hydrogens (primary N) is 1. The van der Waals surface area contributed by atoms with Crippen LogP contribution >= 0.6 is 12.2 Å². The van der Waals surface area contributed by atoms with Gasteiger partial charge in [0.15, 0.2) is 0 Å². The van der Waals surface area contributed by atoms with Gasteiger partial charge in [-0.15, -0.1) is 0 Å². The van der Waals surface area contributed by atoms with E-state index < -0.39 is 5.41 Å². The molecule has 0 radical (unpaired) electrons. The van der Waals surface area contributed by atoms with E-state index in [1.165, 1.54) is 12.8 Å². The highest BCUT2D eigenvalue weighted by molar-refractivity contribution is 7.80. The topological polar surface area (TPSA) is 58.4 Å². The Labute approximate surface area is 121 Å². The molecule has 1 amide bonds. The van der Waals surface area contributed by atoms with E-state index in [1.54, 1.807) is 0 Å². The molecule has 1 heterocycles. The van der Waals surface area contributed by atoms with E-state index in [0.29, 0.717) is 17.8 Å². The Bertz CT molecular complexity index is 364. The summed E-state index contributed by atoms with van der Waals surface area (Å²) in [6.07, 6.45) is 5.03. The Kier molecular flexibility index (Phi) is 4.46. The highest BCUT2D eigenvalue weighted by Gasteiger charge is 2.41. The lowest BCUT2D eigenvalue weighted by atomic mass is 9.81. The molecule has 2 aliphatic rings. The molecular formula is C14H25N3OS. The minimum atomic E-state index is -0.664. The predicted molar refractivity (Wildman–Crippen MR) is 80.9 cm³/mol. The van der Waals surface area contributed by atoms with Gasteiger partial charge in [-0.05, 0) is 32.1 Å². The summed E-state index contributed by atoms with van der Waals surface area (Å²) in [5, 5.41) is 3.17. The molecule has 1 unspecified atom stereocenters. The third-order valence-corrected chi connectivity index (χ3v) is 5.12. The van der Waals surface area contributed by atoms with Crippen LogP contribution in [0.15, 0.2) is 0 Å². The summed E-state index contributed by atoms with van der Waals surface area (Å²) in [5.41, 5.74) is 5.15. The molecule has 0 aromatic carbocycles. The van der Waals surface area contributed by atoms with E-state index in [2.05, 4.69) is 10.2 Å². The molecule has 1 saturated heterocycles. The summed E-state index contributed by atoms with van der Waals surface area (Å²) in [6.45, 7) is 6.05. The van der Waals surface area contributed by atoms with Crippen LogP contribution in [0.5, 0.6) is 0 Å². The first-order valence-electron chi connectivity index (χ1n) is 7.38. The molecule has 0 bridgehead atoms. The van der Waals surface area contributed by atoms with E-state index in [-0.39, 0.29) is 11.9 Å². The molecule has 0 aromatic heterocycles. The maximum Gasteiger partial charge on any atom is 0.233 e. The fourth-order valence-electron chi connectivity index (χ4n) is 3.03. The van der Waals surface area contributed by atoms with E-state index in [4.69, 9.17) is 18.0 Å². The molecule has 0 aromatic rings. The number of rotatable bonds is 6. The number of carbonyl (C=O) groups excluding carboxylic acids is 1. The van der Waals surface area contributed by atoms with Crippen LogP contribution in [0.1, 0.15) is 46.0 Å². The number of likely N-dealkylation sites (tertiary alicyclic amines) is 1. The first-order chi connectivity index (χ1) is 9.03. The lowest BCUT2D eigenvalue weighted by Crippen LogP contribution is -2.51. The van der Waals surface area contributed by atoms with Crippen molar-refractivity contribution in [3.63, 3.8) is 0 Å². The van der Waals surface area contributed by atoms with Crippen LogP contribution in [0, 0.1) is 5.41 Å². The summed E-state index contributed by atoms with van der Waals surface area (Å²) in [4.78, 5) is 15.3. The average Bonchev–Trinajstić information content (AvgIpc) is 3.12. The standard InChI is InChI=1S/C14H25N3OS/c1-3-14(4-2,12(15)19)13(18)16-10-7-8-17(9-10)11-5-6-11/h10-11H,3-9H2,1-2H3,(H2,15,19)(H,16,18). The fourth-order valence-corrected chi connectivity index (χ4v) is 3.41. The fraction of sp³-hybridized carbons (Fsp3) is 0.857. The molecule has 1 aliphatic heterocycles. The number of thiocarbonyl (C=S) groups is 1. The van der Waals surface area contributed by atoms with Gasteiger partial charge in [0.2, 0.25) is 5.91 Å².